The minimum absolute atomic E-state index is 0.0786. The summed E-state index contributed by atoms with van der Waals surface area (Å²) < 4.78 is 6.32. The average Bonchev–Trinajstić information content (AvgIpc) is 2.61. The van der Waals surface area contributed by atoms with Gasteiger partial charge >= 0.3 is 5.97 Å². The van der Waals surface area contributed by atoms with E-state index in [-0.39, 0.29) is 11.5 Å². The fraction of sp³-hybridized carbons (Fsp3) is 0.125. The van der Waals surface area contributed by atoms with Gasteiger partial charge < -0.3 is 15.3 Å². The summed E-state index contributed by atoms with van der Waals surface area (Å²) >= 11 is 3.30. The molecule has 0 saturated carbocycles. The van der Waals surface area contributed by atoms with Gasteiger partial charge in [0, 0.05) is 22.2 Å². The van der Waals surface area contributed by atoms with Crippen LogP contribution in [0.5, 0.6) is 5.75 Å². The van der Waals surface area contributed by atoms with Gasteiger partial charge in [-0.1, -0.05) is 21.1 Å². The average molecular weight is 408 g/mol. The highest BCUT2D eigenvalue weighted by Gasteiger charge is 2.17. The summed E-state index contributed by atoms with van der Waals surface area (Å²) in [5.41, 5.74) is 6.01. The van der Waals surface area contributed by atoms with Crippen LogP contribution in [0.25, 0.3) is 0 Å². The number of nitro groups is 1. The van der Waals surface area contributed by atoms with Crippen LogP contribution < -0.4 is 10.5 Å². The number of nitrogens with two attached hydrogens (primary N) is 1. The van der Waals surface area contributed by atoms with Crippen LogP contribution >= 0.6 is 15.9 Å². The Morgan fingerprint density at radius 3 is 2.36 bits per heavy atom. The van der Waals surface area contributed by atoms with Crippen molar-refractivity contribution in [2.75, 3.05) is 0 Å². The molecule has 0 radical (unpaired) electrons. The summed E-state index contributed by atoms with van der Waals surface area (Å²) in [6.07, 6.45) is -0.894. The molecule has 2 aromatic rings. The minimum atomic E-state index is -0.894. The third-order valence-corrected chi connectivity index (χ3v) is 3.59. The third-order valence-electron chi connectivity index (χ3n) is 3.07. The van der Waals surface area contributed by atoms with Crippen LogP contribution in [0.1, 0.15) is 12.5 Å². The first-order valence-electron chi connectivity index (χ1n) is 7.08. The van der Waals surface area contributed by atoms with Crippen LogP contribution in [0, 0.1) is 10.1 Å². The van der Waals surface area contributed by atoms with Gasteiger partial charge in [0.05, 0.1) is 4.92 Å². The lowest BCUT2D eigenvalue weighted by Gasteiger charge is -2.11. The third kappa shape index (κ3) is 5.28. The topological polar surface area (TPSA) is 117 Å². The van der Waals surface area contributed by atoms with Gasteiger partial charge in [0.25, 0.3) is 5.69 Å². The van der Waals surface area contributed by atoms with Gasteiger partial charge in [-0.25, -0.2) is 4.79 Å². The second-order valence-electron chi connectivity index (χ2n) is 4.90. The number of amidine groups is 1. The smallest absolute Gasteiger partial charge is 0.374 e. The molecule has 2 aromatic carbocycles. The van der Waals surface area contributed by atoms with E-state index in [1.807, 2.05) is 0 Å². The van der Waals surface area contributed by atoms with E-state index in [1.54, 1.807) is 24.3 Å². The molecule has 0 amide bonds. The molecule has 0 spiro atoms. The summed E-state index contributed by atoms with van der Waals surface area (Å²) in [5, 5.41) is 14.1. The number of non-ortho nitro benzene ring substituents is 1. The van der Waals surface area contributed by atoms with Crippen LogP contribution in [0.3, 0.4) is 0 Å². The molecule has 2 N–H and O–H groups in total. The fourth-order valence-electron chi connectivity index (χ4n) is 1.74. The molecule has 2 rings (SSSR count). The van der Waals surface area contributed by atoms with E-state index in [2.05, 4.69) is 21.1 Å². The first kappa shape index (κ1) is 18.4. The molecule has 0 aliphatic carbocycles. The van der Waals surface area contributed by atoms with E-state index in [9.17, 15) is 14.9 Å². The van der Waals surface area contributed by atoms with Gasteiger partial charge in [0.1, 0.15) is 5.75 Å². The van der Waals surface area contributed by atoms with Gasteiger partial charge in [0.2, 0.25) is 0 Å². The zero-order chi connectivity index (χ0) is 18.4. The number of hydrogen-bond acceptors (Lipinski definition) is 6. The fourth-order valence-corrected chi connectivity index (χ4v) is 2.00. The van der Waals surface area contributed by atoms with Crippen LogP contribution in [-0.2, 0) is 9.63 Å². The maximum atomic E-state index is 11.9. The lowest BCUT2D eigenvalue weighted by molar-refractivity contribution is -0.384. The molecular weight excluding hydrogens is 394 g/mol. The van der Waals surface area contributed by atoms with Gasteiger partial charge in [-0.05, 0) is 43.3 Å². The van der Waals surface area contributed by atoms with E-state index < -0.39 is 17.0 Å². The molecule has 0 saturated heterocycles. The summed E-state index contributed by atoms with van der Waals surface area (Å²) in [5.74, 6) is -0.313. The Balaban J connectivity index is 1.95. The Morgan fingerprint density at radius 1 is 1.20 bits per heavy atom. The normalized spacial score (nSPS) is 12.3. The molecule has 9 heteroatoms. The molecule has 130 valence electrons. The number of carbonyl (C=O) groups is 1. The van der Waals surface area contributed by atoms with Crippen LogP contribution in [0.4, 0.5) is 5.69 Å². The number of ether oxygens (including phenoxy) is 1. The predicted molar refractivity (Wildman–Crippen MR) is 94.1 cm³/mol. The highest BCUT2D eigenvalue weighted by atomic mass is 79.9. The Labute approximate surface area is 151 Å². The van der Waals surface area contributed by atoms with Crippen molar-refractivity contribution in [3.8, 4) is 5.75 Å². The van der Waals surface area contributed by atoms with Crippen molar-refractivity contribution in [3.63, 3.8) is 0 Å². The van der Waals surface area contributed by atoms with E-state index >= 15 is 0 Å². The Morgan fingerprint density at radius 2 is 1.80 bits per heavy atom. The van der Waals surface area contributed by atoms with Gasteiger partial charge in [-0.2, -0.15) is 0 Å². The lowest BCUT2D eigenvalue weighted by atomic mass is 10.2. The second-order valence-corrected chi connectivity index (χ2v) is 5.82. The maximum Gasteiger partial charge on any atom is 0.374 e. The number of nitro benzene ring substituents is 1. The molecule has 25 heavy (non-hydrogen) atoms. The van der Waals surface area contributed by atoms with Gasteiger partial charge in [-0.15, -0.1) is 0 Å². The van der Waals surface area contributed by atoms with Crippen molar-refractivity contribution in [2.45, 2.75) is 13.0 Å². The number of rotatable bonds is 6. The van der Waals surface area contributed by atoms with Gasteiger partial charge in [-0.3, -0.25) is 10.1 Å². The maximum absolute atomic E-state index is 11.9. The van der Waals surface area contributed by atoms with E-state index in [0.29, 0.717) is 11.3 Å². The Hall–Kier alpha value is -2.94. The first-order chi connectivity index (χ1) is 11.9. The monoisotopic (exact) mass is 407 g/mol. The van der Waals surface area contributed by atoms with Crippen LogP contribution in [0.2, 0.25) is 0 Å². The van der Waals surface area contributed by atoms with Crippen molar-refractivity contribution in [1.82, 2.24) is 0 Å². The quantitative estimate of drug-likeness (QED) is 0.258. The highest BCUT2D eigenvalue weighted by molar-refractivity contribution is 9.10. The zero-order valence-corrected chi connectivity index (χ0v) is 14.7. The van der Waals surface area contributed by atoms with Crippen molar-refractivity contribution >= 4 is 33.4 Å². The number of carbonyl (C=O) groups excluding carboxylic acids is 1. The van der Waals surface area contributed by atoms with E-state index in [0.717, 1.165) is 4.47 Å². The highest BCUT2D eigenvalue weighted by Crippen LogP contribution is 2.17. The van der Waals surface area contributed by atoms with Crippen molar-refractivity contribution in [1.29, 1.82) is 0 Å². The van der Waals surface area contributed by atoms with E-state index in [4.69, 9.17) is 15.3 Å². The zero-order valence-electron chi connectivity index (χ0n) is 13.1. The predicted octanol–water partition coefficient (Wildman–Crippen LogP) is 2.99. The summed E-state index contributed by atoms with van der Waals surface area (Å²) in [4.78, 5) is 26.7. The summed E-state index contributed by atoms with van der Waals surface area (Å²) in [6.45, 7) is 1.52. The van der Waals surface area contributed by atoms with Crippen molar-refractivity contribution in [2.24, 2.45) is 10.9 Å². The molecule has 0 fully saturated rings. The van der Waals surface area contributed by atoms with Crippen LogP contribution in [-0.4, -0.2) is 22.8 Å². The first-order valence-corrected chi connectivity index (χ1v) is 7.87. The molecule has 8 nitrogen and oxygen atoms in total. The largest absolute Gasteiger partial charge is 0.479 e. The number of benzene rings is 2. The van der Waals surface area contributed by atoms with Crippen LogP contribution in [0.15, 0.2) is 58.2 Å². The van der Waals surface area contributed by atoms with Crippen molar-refractivity contribution < 1.29 is 19.3 Å². The minimum Gasteiger partial charge on any atom is -0.479 e. The van der Waals surface area contributed by atoms with Gasteiger partial charge in [0.15, 0.2) is 11.9 Å². The summed E-state index contributed by atoms with van der Waals surface area (Å²) in [7, 11) is 0. The SMILES string of the molecule is C[C@H](Oc1ccc(Br)cc1)C(=O)O/N=C(/N)c1ccc([N+](=O)[O-])cc1. The molecule has 0 bridgehead atoms. The Bertz CT molecular complexity index is 790. The number of halogens is 1. The number of nitrogens with zero attached hydrogens (tertiary/aromatic N) is 2. The molecule has 0 unspecified atom stereocenters. The lowest BCUT2D eigenvalue weighted by Crippen LogP contribution is -2.26. The molecule has 0 aromatic heterocycles. The Kier molecular flexibility index (Phi) is 6.07. The second kappa shape index (κ2) is 8.25. The number of hydrogen-bond donors (Lipinski definition) is 1. The standard InChI is InChI=1S/C16H14BrN3O5/c1-10(24-14-8-4-12(17)5-9-14)16(21)25-19-15(18)11-2-6-13(7-3-11)20(22)23/h2-10H,1H3,(H2,18,19)/t10-/m0/s1. The van der Waals surface area contributed by atoms with E-state index in [1.165, 1.54) is 31.2 Å². The molecule has 0 aliphatic rings. The molecule has 0 heterocycles. The molecule has 0 aliphatic heterocycles. The molecular formula is C16H14BrN3O5. The van der Waals surface area contributed by atoms with Crippen molar-refractivity contribution in [3.05, 3.63) is 68.7 Å². The summed E-state index contributed by atoms with van der Waals surface area (Å²) in [6, 6.07) is 12.3. The number of oxime groups is 1. The molecule has 1 atom stereocenters.